The van der Waals surface area contributed by atoms with Gasteiger partial charge in [-0.15, -0.1) is 0 Å². The number of hydrogen-bond acceptors (Lipinski definition) is 7. The number of aryl methyl sites for hydroxylation is 21. The summed E-state index contributed by atoms with van der Waals surface area (Å²) in [7, 11) is -5.18. The van der Waals surface area contributed by atoms with Gasteiger partial charge in [0, 0.05) is 16.7 Å². The molecule has 0 aliphatic rings. The summed E-state index contributed by atoms with van der Waals surface area (Å²) in [5.41, 5.74) is 34.1. The van der Waals surface area contributed by atoms with Crippen LogP contribution in [0.2, 0.25) is 0 Å². The summed E-state index contributed by atoms with van der Waals surface area (Å²) < 4.78 is 35.2. The van der Waals surface area contributed by atoms with Gasteiger partial charge in [0.15, 0.2) is 17.2 Å². The quantitative estimate of drug-likeness (QED) is 0.0575. The molecule has 9 rings (SSSR count). The Kier molecular flexibility index (Phi) is 17.1. The van der Waals surface area contributed by atoms with Crippen LogP contribution in [-0.4, -0.2) is 0 Å². The van der Waals surface area contributed by atoms with Crippen molar-refractivity contribution >= 4 is 7.82 Å². The normalized spacial score (nSPS) is 11.6. The van der Waals surface area contributed by atoms with Crippen LogP contribution in [0, 0.1) is 145 Å². The first kappa shape index (κ1) is 60.1. The summed E-state index contributed by atoms with van der Waals surface area (Å²) in [4.78, 5) is 19.7. The van der Waals surface area contributed by atoms with Gasteiger partial charge in [0.25, 0.3) is 0 Å². The Balaban J connectivity index is 1.26. The van der Waals surface area contributed by atoms with Gasteiger partial charge in [-0.2, -0.15) is 0 Å². The van der Waals surface area contributed by atoms with Crippen molar-refractivity contribution in [3.8, 4) is 84.0 Å². The molecule has 0 radical (unpaired) electrons. The second kappa shape index (κ2) is 23.6. The molecule has 7 nitrogen and oxygen atoms in total. The Morgan fingerprint density at radius 3 is 0.530 bits per heavy atom. The monoisotopic (exact) mass is 1120 g/mol. The van der Waals surface area contributed by atoms with E-state index in [1.54, 1.807) is 0 Å². The Morgan fingerprint density at radius 2 is 0.361 bits per heavy atom. The molecular formula is C75H81O7P. The summed E-state index contributed by atoms with van der Waals surface area (Å²) in [6.07, 6.45) is 0. The summed E-state index contributed by atoms with van der Waals surface area (Å²) >= 11 is 0. The van der Waals surface area contributed by atoms with Gasteiger partial charge in [0.2, 0.25) is 0 Å². The average molecular weight is 1130 g/mol. The van der Waals surface area contributed by atoms with Gasteiger partial charge in [-0.05, 0) is 297 Å². The molecule has 0 unspecified atom stereocenters. The number of phosphoric acid groups is 1. The fourth-order valence-corrected chi connectivity index (χ4v) is 14.3. The van der Waals surface area contributed by atoms with Crippen LogP contribution in [-0.2, 0) is 18.6 Å². The van der Waals surface area contributed by atoms with Gasteiger partial charge in [-0.3, -0.25) is 0 Å². The minimum atomic E-state index is -5.18. The highest BCUT2D eigenvalue weighted by molar-refractivity contribution is 7.48. The van der Waals surface area contributed by atoms with Crippen molar-refractivity contribution < 1.29 is 33.3 Å². The molecule has 0 spiro atoms. The van der Waals surface area contributed by atoms with Crippen LogP contribution in [0.1, 0.15) is 117 Å². The zero-order valence-electron chi connectivity index (χ0n) is 52.7. The predicted octanol–water partition coefficient (Wildman–Crippen LogP) is 21.6. The van der Waals surface area contributed by atoms with Crippen LogP contribution < -0.4 is 14.7 Å². The van der Waals surface area contributed by atoms with Gasteiger partial charge in [-0.1, -0.05) is 138 Å². The van der Waals surface area contributed by atoms with Gasteiger partial charge in [0.05, 0.1) is 0 Å². The SMILES string of the molecule is Cc1cc(C)c(-c2c(C)ccc(OOP(=O)(OOc3ccc(C)c(-c4c(C)cc(C)cc4C)c3-c3c(C)cc(C)cc3C)OOc3ccc(C)c(-c4c(C)cc(C)cc4C)c3-c3c(C)cc(C)cc3C)c2-c2c(C)cc(C)cc2C)c(C)c1. The predicted molar refractivity (Wildman–Crippen MR) is 344 cm³/mol. The molecule has 0 atom stereocenters. The molecule has 428 valence electrons. The Bertz CT molecular complexity index is 3580. The first-order valence-electron chi connectivity index (χ1n) is 28.8. The summed E-state index contributed by atoms with van der Waals surface area (Å²) in [5.74, 6) is 0.865. The second-order valence-electron chi connectivity index (χ2n) is 24.0. The summed E-state index contributed by atoms with van der Waals surface area (Å²) in [6.45, 7) is 44.4. The number of benzene rings is 9. The maximum absolute atomic E-state index is 16.3. The van der Waals surface area contributed by atoms with E-state index in [9.17, 15) is 0 Å². The highest BCUT2D eigenvalue weighted by atomic mass is 31.2. The Labute approximate surface area is 494 Å². The minimum Gasteiger partial charge on any atom is -0.326 e. The van der Waals surface area contributed by atoms with E-state index in [0.717, 1.165) is 184 Å². The van der Waals surface area contributed by atoms with Crippen molar-refractivity contribution in [2.45, 2.75) is 145 Å². The first-order chi connectivity index (χ1) is 39.2. The smallest absolute Gasteiger partial charge is 0.326 e. The van der Waals surface area contributed by atoms with E-state index in [2.05, 4.69) is 218 Å². The maximum atomic E-state index is 16.3. The van der Waals surface area contributed by atoms with Crippen LogP contribution in [0.3, 0.4) is 0 Å². The topological polar surface area (TPSA) is 72.5 Å². The lowest BCUT2D eigenvalue weighted by Gasteiger charge is -2.25. The third-order valence-electron chi connectivity index (χ3n) is 16.3. The van der Waals surface area contributed by atoms with Crippen LogP contribution in [0.4, 0.5) is 0 Å². The van der Waals surface area contributed by atoms with E-state index in [1.165, 1.54) is 0 Å². The second-order valence-corrected chi connectivity index (χ2v) is 25.3. The zero-order valence-corrected chi connectivity index (χ0v) is 53.6. The van der Waals surface area contributed by atoms with E-state index in [0.29, 0.717) is 0 Å². The van der Waals surface area contributed by atoms with Gasteiger partial charge in [0.1, 0.15) is 0 Å². The van der Waals surface area contributed by atoms with Crippen molar-refractivity contribution in [3.63, 3.8) is 0 Å². The lowest BCUT2D eigenvalue weighted by molar-refractivity contribution is -0.237. The lowest BCUT2D eigenvalue weighted by Crippen LogP contribution is -2.11. The molecule has 9 aromatic carbocycles. The molecule has 0 saturated carbocycles. The van der Waals surface area contributed by atoms with Crippen LogP contribution in [0.5, 0.6) is 17.2 Å². The Hall–Kier alpha value is -7.51. The van der Waals surface area contributed by atoms with Crippen molar-refractivity contribution in [1.29, 1.82) is 0 Å². The highest BCUT2D eigenvalue weighted by Crippen LogP contribution is 2.56. The molecule has 0 N–H and O–H groups in total. The molecular weight excluding hydrogens is 1040 g/mol. The first-order valence-corrected chi connectivity index (χ1v) is 30.2. The molecule has 0 aromatic heterocycles. The van der Waals surface area contributed by atoms with Crippen LogP contribution in [0.25, 0.3) is 66.8 Å². The van der Waals surface area contributed by atoms with Gasteiger partial charge < -0.3 is 14.7 Å². The van der Waals surface area contributed by atoms with E-state index >= 15 is 4.57 Å². The van der Waals surface area contributed by atoms with E-state index in [4.69, 9.17) is 28.7 Å². The maximum Gasteiger partial charge on any atom is 0.583 e. The zero-order chi connectivity index (χ0) is 60.3. The average Bonchev–Trinajstić information content (AvgIpc) is 3.58. The molecule has 0 heterocycles. The largest absolute Gasteiger partial charge is 0.583 e. The standard InChI is InChI=1S/C75H81O7P/c1-40-28-49(10)64(50(11)29-40)70-46(7)22-25-61(73(70)67-55(16)34-43(4)35-56(67)17)77-80-83(76,81-78-62-26-23-47(8)71(65-51(12)30-41(2)31-52(65)13)74(62)68-57(18)36-44(5)37-58(68)19)82-79-63-27-24-48(9)72(66-53(14)32-42(3)33-54(66)15)75(63)69-59(20)38-45(6)39-60(69)21/h22-39H,1-21H3. The summed E-state index contributed by atoms with van der Waals surface area (Å²) in [5, 5.41) is 0. The van der Waals surface area contributed by atoms with E-state index in [1.807, 2.05) is 36.4 Å². The molecule has 8 heteroatoms. The lowest BCUT2D eigenvalue weighted by atomic mass is 9.83. The van der Waals surface area contributed by atoms with Crippen molar-refractivity contribution in [3.05, 3.63) is 226 Å². The van der Waals surface area contributed by atoms with Crippen LogP contribution in [0.15, 0.2) is 109 Å². The number of rotatable bonds is 15. The van der Waals surface area contributed by atoms with E-state index < -0.39 is 7.82 Å². The third kappa shape index (κ3) is 11.9. The highest BCUT2D eigenvalue weighted by Gasteiger charge is 2.38. The number of hydrogen-bond donors (Lipinski definition) is 0. The minimum absolute atomic E-state index is 0.288. The van der Waals surface area contributed by atoms with Crippen LogP contribution >= 0.6 is 7.82 Å². The van der Waals surface area contributed by atoms with Crippen molar-refractivity contribution in [1.82, 2.24) is 0 Å². The molecule has 0 fully saturated rings. The molecule has 0 aliphatic heterocycles. The fraction of sp³-hybridized carbons (Fsp3) is 0.280. The third-order valence-corrected chi connectivity index (χ3v) is 17.1. The molecule has 9 aromatic rings. The van der Waals surface area contributed by atoms with E-state index in [-0.39, 0.29) is 17.2 Å². The molecule has 0 saturated heterocycles. The molecule has 0 bridgehead atoms. The van der Waals surface area contributed by atoms with Crippen molar-refractivity contribution in [2.75, 3.05) is 0 Å². The molecule has 0 amide bonds. The van der Waals surface area contributed by atoms with Gasteiger partial charge >= 0.3 is 7.82 Å². The molecule has 83 heavy (non-hydrogen) atoms. The molecule has 0 aliphatic carbocycles. The summed E-state index contributed by atoms with van der Waals surface area (Å²) in [6, 6.07) is 37.7. The van der Waals surface area contributed by atoms with Crippen molar-refractivity contribution in [2.24, 2.45) is 0 Å². The Morgan fingerprint density at radius 1 is 0.205 bits per heavy atom. The van der Waals surface area contributed by atoms with Gasteiger partial charge in [-0.25, -0.2) is 4.57 Å². The fourth-order valence-electron chi connectivity index (χ4n) is 13.7.